The Morgan fingerprint density at radius 1 is 1.16 bits per heavy atom. The summed E-state index contributed by atoms with van der Waals surface area (Å²) in [4.78, 5) is 0. The zero-order chi connectivity index (χ0) is 13.7. The molecule has 4 heteroatoms. The van der Waals surface area contributed by atoms with E-state index in [9.17, 15) is 5.11 Å². The van der Waals surface area contributed by atoms with Crippen molar-refractivity contribution in [2.45, 2.75) is 31.9 Å². The molecule has 0 spiro atoms. The molecule has 19 heavy (non-hydrogen) atoms. The molecule has 106 valence electrons. The highest BCUT2D eigenvalue weighted by Crippen LogP contribution is 2.25. The highest BCUT2D eigenvalue weighted by atomic mass is 16.5. The van der Waals surface area contributed by atoms with E-state index in [4.69, 9.17) is 9.47 Å². The summed E-state index contributed by atoms with van der Waals surface area (Å²) in [6, 6.07) is 5.90. The van der Waals surface area contributed by atoms with Gasteiger partial charge in [-0.2, -0.15) is 0 Å². The van der Waals surface area contributed by atoms with Gasteiger partial charge in [-0.3, -0.25) is 0 Å². The molecule has 2 N–H and O–H groups in total. The van der Waals surface area contributed by atoms with Crippen molar-refractivity contribution in [3.05, 3.63) is 23.8 Å². The van der Waals surface area contributed by atoms with E-state index in [2.05, 4.69) is 5.32 Å². The molecule has 1 aliphatic carbocycles. The summed E-state index contributed by atoms with van der Waals surface area (Å²) >= 11 is 0. The highest BCUT2D eigenvalue weighted by molar-refractivity contribution is 5.38. The molecule has 1 aromatic rings. The molecule has 1 aromatic carbocycles. The summed E-state index contributed by atoms with van der Waals surface area (Å²) in [6.07, 6.45) is 2.90. The van der Waals surface area contributed by atoms with Crippen LogP contribution >= 0.6 is 0 Å². The van der Waals surface area contributed by atoms with Crippen LogP contribution in [0.5, 0.6) is 11.5 Å². The van der Waals surface area contributed by atoms with Gasteiger partial charge in [-0.15, -0.1) is 0 Å². The maximum absolute atomic E-state index is 9.49. The number of methoxy groups -OCH3 is 2. The quantitative estimate of drug-likeness (QED) is 0.825. The van der Waals surface area contributed by atoms with Crippen molar-refractivity contribution < 1.29 is 14.6 Å². The molecule has 0 aliphatic heterocycles. The Morgan fingerprint density at radius 3 is 2.37 bits per heavy atom. The second-order valence-electron chi connectivity index (χ2n) is 5.18. The molecule has 4 nitrogen and oxygen atoms in total. The zero-order valence-corrected chi connectivity index (χ0v) is 11.7. The molecule has 1 saturated carbocycles. The lowest BCUT2D eigenvalue weighted by Crippen LogP contribution is -2.21. The first kappa shape index (κ1) is 14.2. The van der Waals surface area contributed by atoms with E-state index in [-0.39, 0.29) is 6.10 Å². The molecule has 0 amide bonds. The van der Waals surface area contributed by atoms with Gasteiger partial charge in [0.25, 0.3) is 0 Å². The lowest BCUT2D eigenvalue weighted by atomic mass is 10.1. The molecule has 0 bridgehead atoms. The molecule has 2 unspecified atom stereocenters. The smallest absolute Gasteiger partial charge is 0.122 e. The van der Waals surface area contributed by atoms with Crippen LogP contribution in [0.2, 0.25) is 0 Å². The SMILES string of the molecule is COc1cc(CNCC2CCC(O)C2)cc(OC)c1. The van der Waals surface area contributed by atoms with Crippen LogP contribution in [-0.4, -0.2) is 32.0 Å². The number of benzene rings is 1. The van der Waals surface area contributed by atoms with Gasteiger partial charge in [0.05, 0.1) is 20.3 Å². The van der Waals surface area contributed by atoms with Gasteiger partial charge in [0.15, 0.2) is 0 Å². The molecular formula is C15H23NO3. The Hall–Kier alpha value is -1.26. The minimum atomic E-state index is -0.0938. The van der Waals surface area contributed by atoms with Crippen LogP contribution in [0.1, 0.15) is 24.8 Å². The Morgan fingerprint density at radius 2 is 1.84 bits per heavy atom. The van der Waals surface area contributed by atoms with Crippen LogP contribution in [0, 0.1) is 5.92 Å². The molecule has 0 saturated heterocycles. The molecule has 1 fully saturated rings. The molecule has 1 aliphatic rings. The number of rotatable bonds is 6. The first-order valence-corrected chi connectivity index (χ1v) is 6.82. The van der Waals surface area contributed by atoms with Gasteiger partial charge in [-0.1, -0.05) is 0 Å². The first-order valence-electron chi connectivity index (χ1n) is 6.82. The maximum Gasteiger partial charge on any atom is 0.122 e. The molecule has 2 atom stereocenters. The maximum atomic E-state index is 9.49. The van der Waals surface area contributed by atoms with Gasteiger partial charge < -0.3 is 19.9 Å². The van der Waals surface area contributed by atoms with Crippen LogP contribution < -0.4 is 14.8 Å². The van der Waals surface area contributed by atoms with E-state index in [0.717, 1.165) is 49.4 Å². The average Bonchev–Trinajstić information content (AvgIpc) is 2.84. The molecule has 0 heterocycles. The van der Waals surface area contributed by atoms with E-state index >= 15 is 0 Å². The van der Waals surface area contributed by atoms with Gasteiger partial charge in [0.2, 0.25) is 0 Å². The summed E-state index contributed by atoms with van der Waals surface area (Å²) in [5.74, 6) is 2.22. The van der Waals surface area contributed by atoms with Crippen molar-refractivity contribution >= 4 is 0 Å². The van der Waals surface area contributed by atoms with E-state index in [0.29, 0.717) is 5.92 Å². The van der Waals surface area contributed by atoms with E-state index in [1.165, 1.54) is 0 Å². The minimum Gasteiger partial charge on any atom is -0.497 e. The van der Waals surface area contributed by atoms with E-state index < -0.39 is 0 Å². The van der Waals surface area contributed by atoms with E-state index in [1.54, 1.807) is 14.2 Å². The summed E-state index contributed by atoms with van der Waals surface area (Å²) in [7, 11) is 3.32. The van der Waals surface area contributed by atoms with E-state index in [1.807, 2.05) is 18.2 Å². The lowest BCUT2D eigenvalue weighted by molar-refractivity contribution is 0.177. The summed E-state index contributed by atoms with van der Waals surface area (Å²) in [6.45, 7) is 1.75. The number of ether oxygens (including phenoxy) is 2. The van der Waals surface area contributed by atoms with Crippen LogP contribution in [0.3, 0.4) is 0 Å². The topological polar surface area (TPSA) is 50.7 Å². The Bertz CT molecular complexity index is 386. The van der Waals surface area contributed by atoms with Gasteiger partial charge in [-0.25, -0.2) is 0 Å². The van der Waals surface area contributed by atoms with Gasteiger partial charge in [0.1, 0.15) is 11.5 Å². The standard InChI is InChI=1S/C15H23NO3/c1-18-14-6-12(7-15(8-14)19-2)10-16-9-11-3-4-13(17)5-11/h6-8,11,13,16-17H,3-5,9-10H2,1-2H3. The molecule has 0 aromatic heterocycles. The second-order valence-corrected chi connectivity index (χ2v) is 5.18. The van der Waals surface area contributed by atoms with Crippen molar-refractivity contribution in [2.75, 3.05) is 20.8 Å². The van der Waals surface area contributed by atoms with Crippen LogP contribution in [0.4, 0.5) is 0 Å². The molecule has 0 radical (unpaired) electrons. The van der Waals surface area contributed by atoms with Crippen molar-refractivity contribution in [1.82, 2.24) is 5.32 Å². The Kier molecular flexibility index (Phi) is 5.05. The Labute approximate surface area is 114 Å². The van der Waals surface area contributed by atoms with Crippen LogP contribution in [0.25, 0.3) is 0 Å². The van der Waals surface area contributed by atoms with Crippen LogP contribution in [0.15, 0.2) is 18.2 Å². The third-order valence-corrected chi connectivity index (χ3v) is 3.69. The lowest BCUT2D eigenvalue weighted by Gasteiger charge is -2.12. The minimum absolute atomic E-state index is 0.0938. The fourth-order valence-electron chi connectivity index (χ4n) is 2.62. The van der Waals surface area contributed by atoms with Crippen LogP contribution in [-0.2, 0) is 6.54 Å². The number of aliphatic hydroxyl groups is 1. The van der Waals surface area contributed by atoms with Crippen molar-refractivity contribution in [2.24, 2.45) is 5.92 Å². The summed E-state index contributed by atoms with van der Waals surface area (Å²) < 4.78 is 10.5. The third kappa shape index (κ3) is 4.11. The number of hydrogen-bond acceptors (Lipinski definition) is 4. The molecule has 2 rings (SSSR count). The summed E-state index contributed by atoms with van der Waals surface area (Å²) in [5, 5.41) is 12.9. The second kappa shape index (κ2) is 6.78. The predicted molar refractivity (Wildman–Crippen MR) is 74.6 cm³/mol. The summed E-state index contributed by atoms with van der Waals surface area (Å²) in [5.41, 5.74) is 1.15. The monoisotopic (exact) mass is 265 g/mol. The van der Waals surface area contributed by atoms with Gasteiger partial charge in [-0.05, 0) is 49.4 Å². The van der Waals surface area contributed by atoms with Gasteiger partial charge in [0, 0.05) is 12.6 Å². The Balaban J connectivity index is 1.84. The number of aliphatic hydroxyl groups excluding tert-OH is 1. The fourth-order valence-corrected chi connectivity index (χ4v) is 2.62. The van der Waals surface area contributed by atoms with Gasteiger partial charge >= 0.3 is 0 Å². The average molecular weight is 265 g/mol. The van der Waals surface area contributed by atoms with Crippen molar-refractivity contribution in [1.29, 1.82) is 0 Å². The number of hydrogen-bond donors (Lipinski definition) is 2. The predicted octanol–water partition coefficient (Wildman–Crippen LogP) is 1.95. The number of nitrogens with one attached hydrogen (secondary N) is 1. The zero-order valence-electron chi connectivity index (χ0n) is 11.7. The normalized spacial score (nSPS) is 22.5. The highest BCUT2D eigenvalue weighted by Gasteiger charge is 2.21. The first-order chi connectivity index (χ1) is 9.21. The molecular weight excluding hydrogens is 242 g/mol. The third-order valence-electron chi connectivity index (χ3n) is 3.69. The van der Waals surface area contributed by atoms with Crippen molar-refractivity contribution in [3.63, 3.8) is 0 Å². The van der Waals surface area contributed by atoms with Crippen molar-refractivity contribution in [3.8, 4) is 11.5 Å². The largest absolute Gasteiger partial charge is 0.497 e. The fraction of sp³-hybridized carbons (Fsp3) is 0.600.